The zero-order chi connectivity index (χ0) is 23.4. The van der Waals surface area contributed by atoms with Crippen molar-refractivity contribution in [2.75, 3.05) is 44.7 Å². The van der Waals surface area contributed by atoms with E-state index in [0.29, 0.717) is 29.4 Å². The second-order valence-electron chi connectivity index (χ2n) is 8.62. The summed E-state index contributed by atoms with van der Waals surface area (Å²) in [4.78, 5) is 58.5. The molecule has 2 aromatic rings. The Balaban J connectivity index is 1.62. The molecule has 0 saturated carbocycles. The number of hydrogen-bond acceptors (Lipinski definition) is 8. The smallest absolute Gasteiger partial charge is 0.369 e. The number of carbonyl (C=O) groups excluding carboxylic acids is 3. The third kappa shape index (κ3) is 3.43. The molecule has 2 fully saturated rings. The number of imide groups is 1. The zero-order valence-electron chi connectivity index (χ0n) is 18.3. The molecule has 4 heterocycles. The van der Waals surface area contributed by atoms with Gasteiger partial charge in [-0.05, 0) is 20.0 Å². The van der Waals surface area contributed by atoms with Crippen molar-refractivity contribution < 1.29 is 28.3 Å². The van der Waals surface area contributed by atoms with Gasteiger partial charge in [0.05, 0.1) is 16.9 Å². The first kappa shape index (κ1) is 21.4. The van der Waals surface area contributed by atoms with Gasteiger partial charge in [0.25, 0.3) is 11.8 Å². The van der Waals surface area contributed by atoms with Gasteiger partial charge in [-0.2, -0.15) is 0 Å². The standard InChI is InChI=1S/C22H23FN4O6/c1-12-11-32-21-18-13(9-15(23)19(21)25-7-5-24(2)6-8-25)20(30)14(10-26(12)18)22(31)33-27-16(28)3-4-17(27)29/h9-10,12H,3-8,11H2,1-2H3. The number of nitrogens with zero attached hydrogens (tertiary/aromatic N) is 4. The molecule has 33 heavy (non-hydrogen) atoms. The van der Waals surface area contributed by atoms with Gasteiger partial charge in [-0.25, -0.2) is 9.18 Å². The number of hydroxylamine groups is 2. The predicted molar refractivity (Wildman–Crippen MR) is 115 cm³/mol. The molecule has 174 valence electrons. The van der Waals surface area contributed by atoms with E-state index in [-0.39, 0.29) is 42.2 Å². The molecule has 0 spiro atoms. The number of benzene rings is 1. The normalized spacial score (nSPS) is 21.0. The third-order valence-electron chi connectivity index (χ3n) is 6.36. The SMILES string of the molecule is CC1COc2c(N3CCN(C)CC3)c(F)cc3c(=O)c(C(=O)ON4C(=O)CCC4=O)cn1c23. The monoisotopic (exact) mass is 458 g/mol. The number of piperazine rings is 1. The zero-order valence-corrected chi connectivity index (χ0v) is 18.3. The molecule has 1 aromatic carbocycles. The van der Waals surface area contributed by atoms with Crippen molar-refractivity contribution in [1.29, 1.82) is 0 Å². The summed E-state index contributed by atoms with van der Waals surface area (Å²) in [6.45, 7) is 4.80. The molecule has 0 radical (unpaired) electrons. The van der Waals surface area contributed by atoms with Crippen LogP contribution in [0.15, 0.2) is 17.1 Å². The number of pyridine rings is 1. The molecule has 2 saturated heterocycles. The van der Waals surface area contributed by atoms with Gasteiger partial charge in [0, 0.05) is 45.2 Å². The fourth-order valence-corrected chi connectivity index (χ4v) is 4.47. The fourth-order valence-electron chi connectivity index (χ4n) is 4.47. The number of anilines is 1. The number of halogens is 1. The van der Waals surface area contributed by atoms with Gasteiger partial charge in [0.15, 0.2) is 11.6 Å². The number of carbonyl (C=O) groups is 3. The topological polar surface area (TPSA) is 101 Å². The molecule has 1 unspecified atom stereocenters. The van der Waals surface area contributed by atoms with Crippen LogP contribution in [0.4, 0.5) is 10.1 Å². The highest BCUT2D eigenvalue weighted by Gasteiger charge is 2.35. The maximum Gasteiger partial charge on any atom is 0.369 e. The molecule has 0 N–H and O–H groups in total. The first-order valence-corrected chi connectivity index (χ1v) is 10.8. The van der Waals surface area contributed by atoms with E-state index in [1.54, 1.807) is 4.57 Å². The third-order valence-corrected chi connectivity index (χ3v) is 6.36. The van der Waals surface area contributed by atoms with Gasteiger partial charge < -0.3 is 23.9 Å². The lowest BCUT2D eigenvalue weighted by atomic mass is 10.1. The average Bonchev–Trinajstić information content (AvgIpc) is 3.10. The van der Waals surface area contributed by atoms with E-state index in [1.807, 2.05) is 18.9 Å². The van der Waals surface area contributed by atoms with Crippen LogP contribution in [0.2, 0.25) is 0 Å². The number of ether oxygens (including phenoxy) is 1. The van der Waals surface area contributed by atoms with Gasteiger partial charge in [0.1, 0.15) is 17.9 Å². The molecular formula is C22H23FN4O6. The molecule has 0 aliphatic carbocycles. The van der Waals surface area contributed by atoms with E-state index >= 15 is 4.39 Å². The van der Waals surface area contributed by atoms with Crippen LogP contribution in [-0.4, -0.2) is 72.1 Å². The van der Waals surface area contributed by atoms with Crippen molar-refractivity contribution in [3.05, 3.63) is 33.9 Å². The fraction of sp³-hybridized carbons (Fsp3) is 0.455. The number of rotatable bonds is 3. The lowest BCUT2D eigenvalue weighted by Crippen LogP contribution is -2.45. The van der Waals surface area contributed by atoms with E-state index in [4.69, 9.17) is 9.57 Å². The highest BCUT2D eigenvalue weighted by Crippen LogP contribution is 2.42. The van der Waals surface area contributed by atoms with Crippen LogP contribution in [0.3, 0.4) is 0 Å². The highest BCUT2D eigenvalue weighted by molar-refractivity contribution is 6.03. The van der Waals surface area contributed by atoms with Crippen LogP contribution < -0.4 is 15.1 Å². The van der Waals surface area contributed by atoms with Crippen molar-refractivity contribution >= 4 is 34.4 Å². The second kappa shape index (κ2) is 7.84. The van der Waals surface area contributed by atoms with Crippen LogP contribution in [0, 0.1) is 5.82 Å². The molecule has 11 heteroatoms. The van der Waals surface area contributed by atoms with Crippen LogP contribution >= 0.6 is 0 Å². The Morgan fingerprint density at radius 2 is 1.79 bits per heavy atom. The summed E-state index contributed by atoms with van der Waals surface area (Å²) in [7, 11) is 2.00. The van der Waals surface area contributed by atoms with Crippen molar-refractivity contribution in [1.82, 2.24) is 14.5 Å². The van der Waals surface area contributed by atoms with E-state index < -0.39 is 29.0 Å². The Kier molecular flexibility index (Phi) is 5.08. The van der Waals surface area contributed by atoms with Gasteiger partial charge in [-0.15, -0.1) is 5.06 Å². The average molecular weight is 458 g/mol. The van der Waals surface area contributed by atoms with Gasteiger partial charge in [-0.1, -0.05) is 0 Å². The maximum absolute atomic E-state index is 15.3. The van der Waals surface area contributed by atoms with Crippen molar-refractivity contribution in [2.45, 2.75) is 25.8 Å². The Hall–Kier alpha value is -3.47. The van der Waals surface area contributed by atoms with Crippen LogP contribution in [-0.2, 0) is 14.4 Å². The number of hydrogen-bond donors (Lipinski definition) is 0. The number of amides is 2. The molecular weight excluding hydrogens is 435 g/mol. The molecule has 10 nitrogen and oxygen atoms in total. The molecule has 3 aliphatic heterocycles. The molecule has 5 rings (SSSR count). The Morgan fingerprint density at radius 3 is 2.45 bits per heavy atom. The van der Waals surface area contributed by atoms with E-state index in [2.05, 4.69) is 4.90 Å². The minimum Gasteiger partial charge on any atom is -0.487 e. The van der Waals surface area contributed by atoms with Crippen LogP contribution in [0.5, 0.6) is 5.75 Å². The summed E-state index contributed by atoms with van der Waals surface area (Å²) in [5.41, 5.74) is -0.437. The minimum absolute atomic E-state index is 0.0274. The summed E-state index contributed by atoms with van der Waals surface area (Å²) >= 11 is 0. The lowest BCUT2D eigenvalue weighted by Gasteiger charge is -2.37. The van der Waals surface area contributed by atoms with Crippen LogP contribution in [0.1, 0.15) is 36.2 Å². The van der Waals surface area contributed by atoms with Gasteiger partial charge >= 0.3 is 5.97 Å². The molecule has 1 atom stereocenters. The highest BCUT2D eigenvalue weighted by atomic mass is 19.1. The number of likely N-dealkylation sites (N-methyl/N-ethyl adjacent to an activating group) is 1. The summed E-state index contributed by atoms with van der Waals surface area (Å²) in [6.07, 6.45) is 1.21. The minimum atomic E-state index is -1.14. The quantitative estimate of drug-likeness (QED) is 0.630. The molecule has 3 aliphatic rings. The number of aromatic nitrogens is 1. The summed E-state index contributed by atoms with van der Waals surface area (Å²) < 4.78 is 23.0. The Bertz CT molecular complexity index is 1230. The molecule has 2 amide bonds. The lowest BCUT2D eigenvalue weighted by molar-refractivity contribution is -0.172. The van der Waals surface area contributed by atoms with E-state index in [9.17, 15) is 19.2 Å². The molecule has 0 bridgehead atoms. The summed E-state index contributed by atoms with van der Waals surface area (Å²) in [6, 6.07) is 0.864. The van der Waals surface area contributed by atoms with E-state index in [1.165, 1.54) is 6.20 Å². The summed E-state index contributed by atoms with van der Waals surface area (Å²) in [5.74, 6) is -2.78. The predicted octanol–water partition coefficient (Wildman–Crippen LogP) is 1.07. The molecule has 1 aromatic heterocycles. The first-order chi connectivity index (χ1) is 15.8. The Morgan fingerprint density at radius 1 is 1.12 bits per heavy atom. The van der Waals surface area contributed by atoms with E-state index in [0.717, 1.165) is 19.2 Å². The van der Waals surface area contributed by atoms with Gasteiger partial charge in [0.2, 0.25) is 5.43 Å². The van der Waals surface area contributed by atoms with Crippen LogP contribution in [0.25, 0.3) is 10.9 Å². The maximum atomic E-state index is 15.3. The van der Waals surface area contributed by atoms with Gasteiger partial charge in [-0.3, -0.25) is 14.4 Å². The van der Waals surface area contributed by atoms with Crippen molar-refractivity contribution in [2.24, 2.45) is 0 Å². The second-order valence-corrected chi connectivity index (χ2v) is 8.62. The first-order valence-electron chi connectivity index (χ1n) is 10.8. The van der Waals surface area contributed by atoms with Crippen molar-refractivity contribution in [3.63, 3.8) is 0 Å². The Labute approximate surface area is 188 Å². The largest absolute Gasteiger partial charge is 0.487 e. The van der Waals surface area contributed by atoms with Crippen molar-refractivity contribution in [3.8, 4) is 5.75 Å². The summed E-state index contributed by atoms with van der Waals surface area (Å²) in [5, 5.41) is 0.359.